The fraction of sp³-hybridized carbons (Fsp3) is 0.286. The number of hydrogen-bond acceptors (Lipinski definition) is 4. The van der Waals surface area contributed by atoms with Crippen molar-refractivity contribution in [3.8, 4) is 0 Å². The Bertz CT molecular complexity index is 977. The summed E-state index contributed by atoms with van der Waals surface area (Å²) in [5.74, 6) is -1.97. The number of benzene rings is 2. The second kappa shape index (κ2) is 8.84. The molecule has 152 valence electrons. The largest absolute Gasteiger partial charge is 0.455 e. The minimum Gasteiger partial charge on any atom is -0.455 e. The summed E-state index contributed by atoms with van der Waals surface area (Å²) in [4.78, 5) is 38.2. The molecule has 1 saturated heterocycles. The van der Waals surface area contributed by atoms with E-state index in [2.05, 4.69) is 5.32 Å². The molecule has 8 heteroatoms. The molecule has 0 radical (unpaired) electrons. The molecule has 2 amide bonds. The molecule has 0 bridgehead atoms. The van der Waals surface area contributed by atoms with Crippen LogP contribution in [-0.2, 0) is 19.1 Å². The van der Waals surface area contributed by atoms with Crippen LogP contribution in [0.2, 0.25) is 10.0 Å². The highest BCUT2D eigenvalue weighted by atomic mass is 35.5. The fourth-order valence-corrected chi connectivity index (χ4v) is 3.49. The number of nitrogens with zero attached hydrogens (tertiary/aromatic N) is 1. The van der Waals surface area contributed by atoms with Crippen molar-refractivity contribution in [1.82, 2.24) is 0 Å². The Balaban J connectivity index is 1.57. The van der Waals surface area contributed by atoms with Gasteiger partial charge in [-0.2, -0.15) is 0 Å². The molecule has 0 aliphatic carbocycles. The lowest BCUT2D eigenvalue weighted by Crippen LogP contribution is -2.28. The maximum Gasteiger partial charge on any atom is 0.311 e. The van der Waals surface area contributed by atoms with Crippen molar-refractivity contribution in [3.63, 3.8) is 0 Å². The van der Waals surface area contributed by atoms with Gasteiger partial charge >= 0.3 is 5.97 Å². The summed E-state index contributed by atoms with van der Waals surface area (Å²) in [5.41, 5.74) is 3.04. The van der Waals surface area contributed by atoms with E-state index in [1.54, 1.807) is 18.2 Å². The predicted octanol–water partition coefficient (Wildman–Crippen LogP) is 4.15. The number of ether oxygens (including phenoxy) is 1. The average Bonchev–Trinajstić information content (AvgIpc) is 3.06. The van der Waals surface area contributed by atoms with E-state index in [9.17, 15) is 14.4 Å². The van der Waals surface area contributed by atoms with Crippen molar-refractivity contribution < 1.29 is 19.1 Å². The molecule has 1 aliphatic heterocycles. The highest BCUT2D eigenvalue weighted by molar-refractivity contribution is 6.35. The number of hydrogen-bond donors (Lipinski definition) is 1. The van der Waals surface area contributed by atoms with Crippen molar-refractivity contribution in [1.29, 1.82) is 0 Å². The molecular formula is C21H20Cl2N2O4. The zero-order valence-electron chi connectivity index (χ0n) is 16.0. The third-order valence-electron chi connectivity index (χ3n) is 4.67. The van der Waals surface area contributed by atoms with Crippen LogP contribution in [0.15, 0.2) is 36.4 Å². The molecular weight excluding hydrogens is 415 g/mol. The second-order valence-electron chi connectivity index (χ2n) is 6.98. The molecule has 0 spiro atoms. The van der Waals surface area contributed by atoms with Crippen LogP contribution in [-0.4, -0.2) is 30.9 Å². The normalized spacial score (nSPS) is 16.1. The van der Waals surface area contributed by atoms with E-state index in [0.717, 1.165) is 11.1 Å². The molecule has 1 aliphatic rings. The first-order chi connectivity index (χ1) is 13.7. The molecule has 3 rings (SSSR count). The summed E-state index contributed by atoms with van der Waals surface area (Å²) < 4.78 is 5.13. The molecule has 0 saturated carbocycles. The maximum absolute atomic E-state index is 12.4. The number of halogens is 2. The van der Waals surface area contributed by atoms with Crippen LogP contribution < -0.4 is 10.2 Å². The first kappa shape index (κ1) is 21.1. The molecule has 2 aromatic carbocycles. The summed E-state index contributed by atoms with van der Waals surface area (Å²) in [6.45, 7) is 3.50. The molecule has 0 unspecified atom stereocenters. The van der Waals surface area contributed by atoms with Crippen molar-refractivity contribution in [3.05, 3.63) is 57.6 Å². The van der Waals surface area contributed by atoms with Crippen LogP contribution >= 0.6 is 23.2 Å². The standard InChI is InChI=1S/C21H20Cl2N2O4/c1-12-3-4-13(2)17(7-12)24-19(26)11-29-21(28)14-8-20(27)25(10-14)18-9-15(22)5-6-16(18)23/h3-7,9,14H,8,10-11H2,1-2H3,(H,24,26)/t14-/m0/s1. The number of carbonyl (C=O) groups excluding carboxylic acids is 3. The monoisotopic (exact) mass is 434 g/mol. The Morgan fingerprint density at radius 3 is 2.69 bits per heavy atom. The summed E-state index contributed by atoms with van der Waals surface area (Å²) in [7, 11) is 0. The fourth-order valence-electron chi connectivity index (χ4n) is 3.10. The molecule has 2 aromatic rings. The summed E-state index contributed by atoms with van der Waals surface area (Å²) in [5, 5.41) is 3.53. The van der Waals surface area contributed by atoms with Gasteiger partial charge in [0.25, 0.3) is 5.91 Å². The lowest BCUT2D eigenvalue weighted by atomic mass is 10.1. The van der Waals surface area contributed by atoms with Crippen molar-refractivity contribution in [2.24, 2.45) is 5.92 Å². The van der Waals surface area contributed by atoms with Crippen LogP contribution in [0, 0.1) is 19.8 Å². The maximum atomic E-state index is 12.4. The number of rotatable bonds is 5. The Labute approximate surface area is 178 Å². The molecule has 6 nitrogen and oxygen atoms in total. The van der Waals surface area contributed by atoms with Gasteiger partial charge in [-0.25, -0.2) is 0 Å². The molecule has 29 heavy (non-hydrogen) atoms. The average molecular weight is 435 g/mol. The van der Waals surface area contributed by atoms with Crippen molar-refractivity contribution >= 4 is 52.4 Å². The highest BCUT2D eigenvalue weighted by Gasteiger charge is 2.37. The van der Waals surface area contributed by atoms with Crippen LogP contribution in [0.25, 0.3) is 0 Å². The Morgan fingerprint density at radius 1 is 1.17 bits per heavy atom. The smallest absolute Gasteiger partial charge is 0.311 e. The quantitative estimate of drug-likeness (QED) is 0.717. The zero-order chi connectivity index (χ0) is 21.1. The molecule has 1 atom stereocenters. The predicted molar refractivity (Wildman–Crippen MR) is 112 cm³/mol. The van der Waals surface area contributed by atoms with Gasteiger partial charge in [-0.3, -0.25) is 14.4 Å². The van der Waals surface area contributed by atoms with Crippen LogP contribution in [0.4, 0.5) is 11.4 Å². The van der Waals surface area contributed by atoms with Gasteiger partial charge in [-0.05, 0) is 49.2 Å². The van der Waals surface area contributed by atoms with Gasteiger partial charge in [0.1, 0.15) is 0 Å². The first-order valence-corrected chi connectivity index (χ1v) is 9.79. The van der Waals surface area contributed by atoms with E-state index in [1.807, 2.05) is 32.0 Å². The number of esters is 1. The van der Waals surface area contributed by atoms with E-state index in [-0.39, 0.29) is 18.9 Å². The number of amides is 2. The summed E-state index contributed by atoms with van der Waals surface area (Å²) >= 11 is 12.1. The minimum absolute atomic E-state index is 0.0136. The van der Waals surface area contributed by atoms with Gasteiger partial charge < -0.3 is 15.0 Å². The number of nitrogens with one attached hydrogen (secondary N) is 1. The van der Waals surface area contributed by atoms with Gasteiger partial charge in [0.15, 0.2) is 6.61 Å². The number of anilines is 2. The number of carbonyl (C=O) groups is 3. The first-order valence-electron chi connectivity index (χ1n) is 9.03. The van der Waals surface area contributed by atoms with Crippen molar-refractivity contribution in [2.75, 3.05) is 23.4 Å². The van der Waals surface area contributed by atoms with E-state index in [0.29, 0.717) is 21.4 Å². The van der Waals surface area contributed by atoms with Crippen LogP contribution in [0.1, 0.15) is 17.5 Å². The minimum atomic E-state index is -0.675. The van der Waals surface area contributed by atoms with E-state index < -0.39 is 24.4 Å². The van der Waals surface area contributed by atoms with Crippen molar-refractivity contribution in [2.45, 2.75) is 20.3 Å². The topological polar surface area (TPSA) is 75.7 Å². The van der Waals surface area contributed by atoms with E-state index in [1.165, 1.54) is 4.90 Å². The SMILES string of the molecule is Cc1ccc(C)c(NC(=O)COC(=O)[C@H]2CC(=O)N(c3cc(Cl)ccc3Cl)C2)c1. The van der Waals surface area contributed by atoms with E-state index >= 15 is 0 Å². The van der Waals surface area contributed by atoms with Gasteiger partial charge in [0.05, 0.1) is 16.6 Å². The van der Waals surface area contributed by atoms with Gasteiger partial charge in [0.2, 0.25) is 5.91 Å². The molecule has 0 aromatic heterocycles. The lowest BCUT2D eigenvalue weighted by molar-refractivity contribution is -0.151. The highest BCUT2D eigenvalue weighted by Crippen LogP contribution is 2.33. The Morgan fingerprint density at radius 2 is 1.93 bits per heavy atom. The summed E-state index contributed by atoms with van der Waals surface area (Å²) in [6.07, 6.45) is -0.0136. The van der Waals surface area contributed by atoms with Gasteiger partial charge in [-0.1, -0.05) is 35.3 Å². The third kappa shape index (κ3) is 5.08. The Hall–Kier alpha value is -2.57. The lowest BCUT2D eigenvalue weighted by Gasteiger charge is -2.18. The third-order valence-corrected chi connectivity index (χ3v) is 5.22. The van der Waals surface area contributed by atoms with Gasteiger partial charge in [-0.15, -0.1) is 0 Å². The van der Waals surface area contributed by atoms with E-state index in [4.69, 9.17) is 27.9 Å². The molecule has 1 N–H and O–H groups in total. The van der Waals surface area contributed by atoms with Crippen LogP contribution in [0.3, 0.4) is 0 Å². The van der Waals surface area contributed by atoms with Gasteiger partial charge in [0, 0.05) is 23.7 Å². The zero-order valence-corrected chi connectivity index (χ0v) is 17.5. The molecule has 1 heterocycles. The number of aryl methyl sites for hydroxylation is 2. The Kier molecular flexibility index (Phi) is 6.45. The molecule has 1 fully saturated rings. The summed E-state index contributed by atoms with van der Waals surface area (Å²) in [6, 6.07) is 10.5. The van der Waals surface area contributed by atoms with Crippen LogP contribution in [0.5, 0.6) is 0 Å². The second-order valence-corrected chi connectivity index (χ2v) is 7.82.